The van der Waals surface area contributed by atoms with Gasteiger partial charge in [0.15, 0.2) is 6.10 Å². The van der Waals surface area contributed by atoms with Crippen LogP contribution in [0.1, 0.15) is 23.7 Å². The third-order valence-electron chi connectivity index (χ3n) is 2.14. The summed E-state index contributed by atoms with van der Waals surface area (Å²) in [6.07, 6.45) is -0.512. The SMILES string of the molecule is CCC(Oc1ccc(C(=O)O)c(F)c1)C(N)=O. The maximum atomic E-state index is 13.3. The van der Waals surface area contributed by atoms with Crippen molar-refractivity contribution in [3.05, 3.63) is 29.6 Å². The van der Waals surface area contributed by atoms with Crippen LogP contribution in [0.4, 0.5) is 4.39 Å². The van der Waals surface area contributed by atoms with Crippen LogP contribution >= 0.6 is 0 Å². The fraction of sp³-hybridized carbons (Fsp3) is 0.273. The lowest BCUT2D eigenvalue weighted by atomic mass is 10.2. The maximum absolute atomic E-state index is 13.3. The molecular formula is C11H12FNO4. The molecule has 0 aromatic heterocycles. The summed E-state index contributed by atoms with van der Waals surface area (Å²) >= 11 is 0. The Balaban J connectivity index is 2.90. The molecule has 92 valence electrons. The predicted molar refractivity (Wildman–Crippen MR) is 57.3 cm³/mol. The molecule has 1 aromatic rings. The van der Waals surface area contributed by atoms with E-state index in [4.69, 9.17) is 15.6 Å². The molecule has 5 nitrogen and oxygen atoms in total. The molecule has 1 aromatic carbocycles. The maximum Gasteiger partial charge on any atom is 0.338 e. The average molecular weight is 241 g/mol. The van der Waals surface area contributed by atoms with E-state index in [-0.39, 0.29) is 5.75 Å². The summed E-state index contributed by atoms with van der Waals surface area (Å²) in [6.45, 7) is 1.69. The van der Waals surface area contributed by atoms with Gasteiger partial charge in [-0.2, -0.15) is 0 Å². The molecule has 17 heavy (non-hydrogen) atoms. The number of amides is 1. The Kier molecular flexibility index (Phi) is 4.03. The number of primary amides is 1. The number of carboxylic acid groups (broad SMARTS) is 1. The molecule has 0 bridgehead atoms. The van der Waals surface area contributed by atoms with Crippen LogP contribution in [0.5, 0.6) is 5.75 Å². The van der Waals surface area contributed by atoms with Gasteiger partial charge in [-0.15, -0.1) is 0 Å². The molecule has 1 unspecified atom stereocenters. The molecule has 0 saturated carbocycles. The van der Waals surface area contributed by atoms with E-state index in [1.54, 1.807) is 6.92 Å². The van der Waals surface area contributed by atoms with Gasteiger partial charge in [0.25, 0.3) is 5.91 Å². The van der Waals surface area contributed by atoms with Gasteiger partial charge in [0.2, 0.25) is 0 Å². The van der Waals surface area contributed by atoms with Crippen LogP contribution in [0.15, 0.2) is 18.2 Å². The van der Waals surface area contributed by atoms with E-state index >= 15 is 0 Å². The Morgan fingerprint density at radius 1 is 1.53 bits per heavy atom. The summed E-state index contributed by atoms with van der Waals surface area (Å²) in [5.74, 6) is -2.88. The van der Waals surface area contributed by atoms with Crippen molar-refractivity contribution in [2.45, 2.75) is 19.4 Å². The molecule has 0 saturated heterocycles. The molecule has 1 atom stereocenters. The summed E-state index contributed by atoms with van der Waals surface area (Å²) in [7, 11) is 0. The lowest BCUT2D eigenvalue weighted by Crippen LogP contribution is -2.33. The summed E-state index contributed by atoms with van der Waals surface area (Å²) in [5, 5.41) is 8.62. The van der Waals surface area contributed by atoms with E-state index in [1.807, 2.05) is 0 Å². The zero-order valence-corrected chi connectivity index (χ0v) is 9.14. The van der Waals surface area contributed by atoms with E-state index in [2.05, 4.69) is 0 Å². The molecule has 0 aliphatic rings. The third-order valence-corrected chi connectivity index (χ3v) is 2.14. The second-order valence-electron chi connectivity index (χ2n) is 3.36. The molecule has 0 radical (unpaired) electrons. The summed E-state index contributed by atoms with van der Waals surface area (Å²) in [5.41, 5.74) is 4.61. The standard InChI is InChI=1S/C11H12FNO4/c1-2-9(10(13)14)17-6-3-4-7(11(15)16)8(12)5-6/h3-5,9H,2H2,1H3,(H2,13,14)(H,15,16). The summed E-state index contributed by atoms with van der Waals surface area (Å²) in [4.78, 5) is 21.5. The van der Waals surface area contributed by atoms with Gasteiger partial charge in [-0.3, -0.25) is 4.79 Å². The van der Waals surface area contributed by atoms with Crippen LogP contribution in [-0.4, -0.2) is 23.1 Å². The van der Waals surface area contributed by atoms with E-state index in [0.29, 0.717) is 6.42 Å². The molecule has 1 amide bonds. The van der Waals surface area contributed by atoms with Gasteiger partial charge in [0, 0.05) is 6.07 Å². The molecule has 3 N–H and O–H groups in total. The zero-order chi connectivity index (χ0) is 13.0. The molecule has 0 spiro atoms. The van der Waals surface area contributed by atoms with E-state index in [1.165, 1.54) is 6.07 Å². The number of carboxylic acids is 1. The van der Waals surface area contributed by atoms with Crippen LogP contribution in [-0.2, 0) is 4.79 Å². The monoisotopic (exact) mass is 241 g/mol. The second-order valence-corrected chi connectivity index (χ2v) is 3.36. The van der Waals surface area contributed by atoms with Gasteiger partial charge < -0.3 is 15.6 Å². The first kappa shape index (κ1) is 13.0. The topological polar surface area (TPSA) is 89.6 Å². The molecule has 0 fully saturated rings. The number of halogens is 1. The summed E-state index contributed by atoms with van der Waals surface area (Å²) < 4.78 is 18.4. The number of aromatic carboxylic acids is 1. The minimum absolute atomic E-state index is 0.0677. The first-order valence-corrected chi connectivity index (χ1v) is 4.94. The van der Waals surface area contributed by atoms with Crippen molar-refractivity contribution < 1.29 is 23.8 Å². The number of benzene rings is 1. The Hall–Kier alpha value is -2.11. The number of rotatable bonds is 5. The lowest BCUT2D eigenvalue weighted by molar-refractivity contribution is -0.124. The van der Waals surface area contributed by atoms with Crippen molar-refractivity contribution >= 4 is 11.9 Å². The van der Waals surface area contributed by atoms with E-state index in [0.717, 1.165) is 12.1 Å². The van der Waals surface area contributed by atoms with Crippen molar-refractivity contribution in [2.75, 3.05) is 0 Å². The highest BCUT2D eigenvalue weighted by Crippen LogP contribution is 2.18. The van der Waals surface area contributed by atoms with E-state index in [9.17, 15) is 14.0 Å². The highest BCUT2D eigenvalue weighted by Gasteiger charge is 2.16. The van der Waals surface area contributed by atoms with Crippen molar-refractivity contribution in [1.29, 1.82) is 0 Å². The highest BCUT2D eigenvalue weighted by molar-refractivity contribution is 5.88. The van der Waals surface area contributed by atoms with Gasteiger partial charge in [-0.05, 0) is 18.6 Å². The Morgan fingerprint density at radius 2 is 2.18 bits per heavy atom. The Bertz CT molecular complexity index is 447. The zero-order valence-electron chi connectivity index (χ0n) is 9.14. The number of carbonyl (C=O) groups excluding carboxylic acids is 1. The normalized spacial score (nSPS) is 11.9. The molecule has 1 rings (SSSR count). The summed E-state index contributed by atoms with van der Waals surface area (Å²) in [6, 6.07) is 3.26. The highest BCUT2D eigenvalue weighted by atomic mass is 19.1. The largest absolute Gasteiger partial charge is 0.481 e. The number of nitrogens with two attached hydrogens (primary N) is 1. The lowest BCUT2D eigenvalue weighted by Gasteiger charge is -2.14. The van der Waals surface area contributed by atoms with Crippen molar-refractivity contribution in [2.24, 2.45) is 5.73 Å². The number of carbonyl (C=O) groups is 2. The Morgan fingerprint density at radius 3 is 2.59 bits per heavy atom. The molecule has 0 heterocycles. The van der Waals surface area contributed by atoms with Gasteiger partial charge in [0.05, 0.1) is 5.56 Å². The molecule has 0 aliphatic carbocycles. The fourth-order valence-electron chi connectivity index (χ4n) is 1.25. The molecule has 0 aliphatic heterocycles. The second kappa shape index (κ2) is 5.29. The van der Waals surface area contributed by atoms with Gasteiger partial charge >= 0.3 is 5.97 Å². The smallest absolute Gasteiger partial charge is 0.338 e. The van der Waals surface area contributed by atoms with Crippen molar-refractivity contribution in [3.8, 4) is 5.75 Å². The van der Waals surface area contributed by atoms with Gasteiger partial charge in [0.1, 0.15) is 11.6 Å². The van der Waals surface area contributed by atoms with Crippen LogP contribution in [0.2, 0.25) is 0 Å². The van der Waals surface area contributed by atoms with Crippen molar-refractivity contribution in [3.63, 3.8) is 0 Å². The van der Waals surface area contributed by atoms with Crippen LogP contribution in [0, 0.1) is 5.82 Å². The fourth-order valence-corrected chi connectivity index (χ4v) is 1.25. The number of ether oxygens (including phenoxy) is 1. The van der Waals surface area contributed by atoms with Crippen LogP contribution < -0.4 is 10.5 Å². The Labute approximate surface area is 97.0 Å². The number of hydrogen-bond donors (Lipinski definition) is 2. The quantitative estimate of drug-likeness (QED) is 0.809. The van der Waals surface area contributed by atoms with Crippen LogP contribution in [0.3, 0.4) is 0 Å². The first-order chi connectivity index (χ1) is 7.95. The van der Waals surface area contributed by atoms with Gasteiger partial charge in [-0.1, -0.05) is 6.92 Å². The van der Waals surface area contributed by atoms with Gasteiger partial charge in [-0.25, -0.2) is 9.18 Å². The minimum Gasteiger partial charge on any atom is -0.481 e. The average Bonchev–Trinajstić information content (AvgIpc) is 2.24. The predicted octanol–water partition coefficient (Wildman–Crippen LogP) is 1.17. The first-order valence-electron chi connectivity index (χ1n) is 4.94. The number of hydrogen-bond acceptors (Lipinski definition) is 3. The minimum atomic E-state index is -1.36. The molecule has 6 heteroatoms. The van der Waals surface area contributed by atoms with E-state index < -0.39 is 29.4 Å². The van der Waals surface area contributed by atoms with Crippen LogP contribution in [0.25, 0.3) is 0 Å². The van der Waals surface area contributed by atoms with Crippen molar-refractivity contribution in [1.82, 2.24) is 0 Å². The third kappa shape index (κ3) is 3.17. The molecular weight excluding hydrogens is 229 g/mol.